The first-order chi connectivity index (χ1) is 13.9. The van der Waals surface area contributed by atoms with E-state index >= 15 is 0 Å². The van der Waals surface area contributed by atoms with Crippen LogP contribution in [0.1, 0.15) is 18.1 Å². The minimum atomic E-state index is -0.605. The van der Waals surface area contributed by atoms with E-state index in [9.17, 15) is 9.59 Å². The van der Waals surface area contributed by atoms with Crippen molar-refractivity contribution in [2.75, 3.05) is 21.3 Å². The lowest BCUT2D eigenvalue weighted by molar-refractivity contribution is -0.132. The largest absolute Gasteiger partial charge is 0.497 e. The number of rotatable bonds is 6. The molecule has 0 unspecified atom stereocenters. The van der Waals surface area contributed by atoms with Crippen LogP contribution in [0.25, 0.3) is 6.08 Å². The molecule has 29 heavy (non-hydrogen) atoms. The van der Waals surface area contributed by atoms with E-state index in [0.717, 1.165) is 0 Å². The van der Waals surface area contributed by atoms with Crippen LogP contribution in [-0.4, -0.2) is 39.2 Å². The fourth-order valence-corrected chi connectivity index (χ4v) is 2.64. The van der Waals surface area contributed by atoms with Gasteiger partial charge in [0, 0.05) is 18.6 Å². The van der Waals surface area contributed by atoms with Crippen molar-refractivity contribution < 1.29 is 33.3 Å². The maximum Gasteiger partial charge on any atom is 0.363 e. The highest BCUT2D eigenvalue weighted by molar-refractivity contribution is 6.13. The van der Waals surface area contributed by atoms with Gasteiger partial charge in [-0.1, -0.05) is 6.07 Å². The van der Waals surface area contributed by atoms with Crippen molar-refractivity contribution >= 4 is 23.9 Å². The smallest absolute Gasteiger partial charge is 0.363 e. The van der Waals surface area contributed by atoms with Crippen LogP contribution in [0.4, 0.5) is 0 Å². The number of carbonyl (C=O) groups excluding carboxylic acids is 2. The summed E-state index contributed by atoms with van der Waals surface area (Å²) in [6, 6.07) is 9.97. The Kier molecular flexibility index (Phi) is 5.82. The first kappa shape index (κ1) is 19.9. The van der Waals surface area contributed by atoms with E-state index < -0.39 is 11.9 Å². The Balaban J connectivity index is 1.96. The minimum absolute atomic E-state index is 0.0979. The molecule has 0 saturated carbocycles. The quantitative estimate of drug-likeness (QED) is 0.420. The highest BCUT2D eigenvalue weighted by Gasteiger charge is 2.25. The molecule has 2 aromatic rings. The van der Waals surface area contributed by atoms with Gasteiger partial charge in [0.05, 0.1) is 21.3 Å². The van der Waals surface area contributed by atoms with Gasteiger partial charge in [-0.25, -0.2) is 9.79 Å². The van der Waals surface area contributed by atoms with E-state index in [2.05, 4.69) is 4.99 Å². The molecule has 8 nitrogen and oxygen atoms in total. The van der Waals surface area contributed by atoms with E-state index in [0.29, 0.717) is 28.4 Å². The monoisotopic (exact) mass is 397 g/mol. The third-order valence-corrected chi connectivity index (χ3v) is 3.96. The Morgan fingerprint density at radius 3 is 2.24 bits per heavy atom. The van der Waals surface area contributed by atoms with E-state index in [-0.39, 0.29) is 17.3 Å². The van der Waals surface area contributed by atoms with Gasteiger partial charge in [-0.2, -0.15) is 0 Å². The van der Waals surface area contributed by atoms with Crippen LogP contribution in [0.3, 0.4) is 0 Å². The number of aliphatic imine (C=N–C) groups is 1. The van der Waals surface area contributed by atoms with Crippen molar-refractivity contribution in [1.82, 2.24) is 0 Å². The van der Waals surface area contributed by atoms with Gasteiger partial charge < -0.3 is 23.7 Å². The number of carbonyl (C=O) groups is 2. The van der Waals surface area contributed by atoms with Crippen molar-refractivity contribution in [1.29, 1.82) is 0 Å². The standard InChI is InChI=1S/C21H19NO7/c1-12(23)28-19-8-13(5-6-18(19)27-4)7-17-21(24)29-20(22-17)14-9-15(25-2)11-16(10-14)26-3/h5-11H,1-4H3/b17-7-. The highest BCUT2D eigenvalue weighted by atomic mass is 16.6. The van der Waals surface area contributed by atoms with Crippen molar-refractivity contribution in [3.8, 4) is 23.0 Å². The molecule has 0 radical (unpaired) electrons. The van der Waals surface area contributed by atoms with Crippen molar-refractivity contribution in [3.63, 3.8) is 0 Å². The Hall–Kier alpha value is -3.81. The molecule has 0 saturated heterocycles. The number of esters is 2. The first-order valence-corrected chi connectivity index (χ1v) is 8.56. The van der Waals surface area contributed by atoms with E-state index in [1.807, 2.05) is 0 Å². The zero-order chi connectivity index (χ0) is 21.0. The molecule has 1 aliphatic rings. The van der Waals surface area contributed by atoms with Gasteiger partial charge in [0.1, 0.15) is 11.5 Å². The minimum Gasteiger partial charge on any atom is -0.497 e. The zero-order valence-electron chi connectivity index (χ0n) is 16.3. The second-order valence-corrected chi connectivity index (χ2v) is 5.94. The topological polar surface area (TPSA) is 92.6 Å². The number of hydrogen-bond acceptors (Lipinski definition) is 8. The Labute approximate surface area is 167 Å². The summed E-state index contributed by atoms with van der Waals surface area (Å²) in [6.07, 6.45) is 1.53. The molecule has 1 heterocycles. The van der Waals surface area contributed by atoms with Gasteiger partial charge in [-0.3, -0.25) is 4.79 Å². The molecule has 0 aromatic heterocycles. The summed E-state index contributed by atoms with van der Waals surface area (Å²) in [5, 5.41) is 0. The van der Waals surface area contributed by atoms with E-state index in [1.54, 1.807) is 36.4 Å². The van der Waals surface area contributed by atoms with Crippen molar-refractivity contribution in [2.45, 2.75) is 6.92 Å². The van der Waals surface area contributed by atoms with Crippen LogP contribution in [0.5, 0.6) is 23.0 Å². The molecule has 0 fully saturated rings. The van der Waals surface area contributed by atoms with Crippen molar-refractivity contribution in [3.05, 3.63) is 53.2 Å². The third-order valence-electron chi connectivity index (χ3n) is 3.96. The number of hydrogen-bond donors (Lipinski definition) is 0. The molecule has 0 atom stereocenters. The fourth-order valence-electron chi connectivity index (χ4n) is 2.64. The lowest BCUT2D eigenvalue weighted by Gasteiger charge is -2.08. The number of methoxy groups -OCH3 is 3. The highest BCUT2D eigenvalue weighted by Crippen LogP contribution is 2.30. The zero-order valence-corrected chi connectivity index (χ0v) is 16.3. The first-order valence-electron chi connectivity index (χ1n) is 8.56. The summed E-state index contributed by atoms with van der Waals surface area (Å²) in [5.74, 6) is 0.749. The van der Waals surface area contributed by atoms with Crippen molar-refractivity contribution in [2.24, 2.45) is 4.99 Å². The number of ether oxygens (including phenoxy) is 5. The number of nitrogens with zero attached hydrogens (tertiary/aromatic N) is 1. The van der Waals surface area contributed by atoms with Crippen LogP contribution in [0.15, 0.2) is 47.1 Å². The molecule has 2 aromatic carbocycles. The molecule has 1 aliphatic heterocycles. The SMILES string of the molecule is COc1cc(OC)cc(C2=N/C(=C\c3ccc(OC)c(OC(C)=O)c3)C(=O)O2)c1. The maximum atomic E-state index is 12.3. The summed E-state index contributed by atoms with van der Waals surface area (Å²) in [5.41, 5.74) is 1.22. The van der Waals surface area contributed by atoms with E-state index in [4.69, 9.17) is 23.7 Å². The second kappa shape index (κ2) is 8.47. The summed E-state index contributed by atoms with van der Waals surface area (Å²) in [7, 11) is 4.52. The van der Waals surface area contributed by atoms with Gasteiger partial charge in [0.15, 0.2) is 17.2 Å². The average Bonchev–Trinajstić information content (AvgIpc) is 3.07. The van der Waals surface area contributed by atoms with Gasteiger partial charge in [-0.05, 0) is 35.9 Å². The molecule has 150 valence electrons. The summed E-state index contributed by atoms with van der Waals surface area (Å²) in [4.78, 5) is 27.8. The lowest BCUT2D eigenvalue weighted by atomic mass is 10.1. The lowest BCUT2D eigenvalue weighted by Crippen LogP contribution is -2.06. The molecule has 8 heteroatoms. The summed E-state index contributed by atoms with van der Waals surface area (Å²) < 4.78 is 26.1. The fraction of sp³-hybridized carbons (Fsp3) is 0.190. The predicted molar refractivity (Wildman–Crippen MR) is 104 cm³/mol. The van der Waals surface area contributed by atoms with Crippen LogP contribution in [0.2, 0.25) is 0 Å². The molecule has 0 spiro atoms. The van der Waals surface area contributed by atoms with Gasteiger partial charge in [-0.15, -0.1) is 0 Å². The van der Waals surface area contributed by atoms with Crippen LogP contribution >= 0.6 is 0 Å². The van der Waals surface area contributed by atoms with Crippen LogP contribution in [-0.2, 0) is 14.3 Å². The molecule has 0 amide bonds. The van der Waals surface area contributed by atoms with Crippen LogP contribution in [0, 0.1) is 0 Å². The second-order valence-electron chi connectivity index (χ2n) is 5.94. The molecule has 0 aliphatic carbocycles. The Morgan fingerprint density at radius 2 is 1.66 bits per heavy atom. The third kappa shape index (κ3) is 4.55. The predicted octanol–water partition coefficient (Wildman–Crippen LogP) is 2.98. The Morgan fingerprint density at radius 1 is 0.966 bits per heavy atom. The molecule has 0 bridgehead atoms. The Bertz CT molecular complexity index is 1000. The molecule has 0 N–H and O–H groups in total. The molecular formula is C21H19NO7. The van der Waals surface area contributed by atoms with Gasteiger partial charge in [0.2, 0.25) is 5.90 Å². The van der Waals surface area contributed by atoms with E-state index in [1.165, 1.54) is 34.3 Å². The van der Waals surface area contributed by atoms with Gasteiger partial charge in [0.25, 0.3) is 0 Å². The van der Waals surface area contributed by atoms with Gasteiger partial charge >= 0.3 is 11.9 Å². The average molecular weight is 397 g/mol. The maximum absolute atomic E-state index is 12.3. The number of benzene rings is 2. The van der Waals surface area contributed by atoms with Crippen LogP contribution < -0.4 is 18.9 Å². The summed E-state index contributed by atoms with van der Waals surface area (Å²) in [6.45, 7) is 1.29. The molecule has 3 rings (SSSR count). The summed E-state index contributed by atoms with van der Waals surface area (Å²) >= 11 is 0. The molecular weight excluding hydrogens is 378 g/mol. The normalized spacial score (nSPS) is 14.3. The number of cyclic esters (lactones) is 1.